The van der Waals surface area contributed by atoms with Crippen molar-refractivity contribution in [3.63, 3.8) is 0 Å². The molecule has 6 nitrogen and oxygen atoms in total. The van der Waals surface area contributed by atoms with Crippen molar-refractivity contribution >= 4 is 5.96 Å². The first kappa shape index (κ1) is 19.2. The van der Waals surface area contributed by atoms with E-state index in [1.807, 2.05) is 6.92 Å². The molecule has 6 heteroatoms. The topological polar surface area (TPSA) is 58.1 Å². The summed E-state index contributed by atoms with van der Waals surface area (Å²) < 4.78 is 10.5. The van der Waals surface area contributed by atoms with E-state index in [4.69, 9.17) is 14.5 Å². The molecule has 0 spiro atoms. The van der Waals surface area contributed by atoms with Gasteiger partial charge < -0.3 is 20.1 Å². The summed E-state index contributed by atoms with van der Waals surface area (Å²) in [6.07, 6.45) is 3.50. The summed E-state index contributed by atoms with van der Waals surface area (Å²) in [5.74, 6) is 0.914. The zero-order chi connectivity index (χ0) is 16.0. The number of likely N-dealkylation sites (tertiary alicyclic amines) is 1. The molecule has 1 fully saturated rings. The van der Waals surface area contributed by atoms with Gasteiger partial charge in [0.25, 0.3) is 0 Å². The Bertz CT molecular complexity index is 300. The highest BCUT2D eigenvalue weighted by Crippen LogP contribution is 2.16. The maximum atomic E-state index is 5.35. The number of nitrogens with one attached hydrogen (secondary N) is 2. The van der Waals surface area contributed by atoms with E-state index in [1.54, 1.807) is 7.11 Å². The lowest BCUT2D eigenvalue weighted by Crippen LogP contribution is -2.40. The fourth-order valence-electron chi connectivity index (χ4n) is 2.67. The Morgan fingerprint density at radius 1 is 1.27 bits per heavy atom. The van der Waals surface area contributed by atoms with Crippen LogP contribution in [0.3, 0.4) is 0 Å². The molecule has 1 heterocycles. The average molecular weight is 314 g/mol. The van der Waals surface area contributed by atoms with E-state index in [2.05, 4.69) is 22.5 Å². The first-order valence-corrected chi connectivity index (χ1v) is 8.64. The Hall–Kier alpha value is -0.850. The van der Waals surface area contributed by atoms with Crippen molar-refractivity contribution in [2.45, 2.75) is 39.2 Å². The zero-order valence-electron chi connectivity index (χ0n) is 14.6. The summed E-state index contributed by atoms with van der Waals surface area (Å²) >= 11 is 0. The van der Waals surface area contributed by atoms with Gasteiger partial charge in [-0.3, -0.25) is 9.89 Å². The van der Waals surface area contributed by atoms with Gasteiger partial charge in [-0.05, 0) is 39.7 Å². The van der Waals surface area contributed by atoms with Crippen LogP contribution in [0.1, 0.15) is 33.1 Å². The highest BCUT2D eigenvalue weighted by Gasteiger charge is 2.23. The molecule has 0 aromatic heterocycles. The Balaban J connectivity index is 2.33. The SMILES string of the molecule is CCNC(=NCC1CCCN1CCOC)NCCCOCC. The van der Waals surface area contributed by atoms with Gasteiger partial charge in [0, 0.05) is 46.0 Å². The first-order valence-electron chi connectivity index (χ1n) is 8.64. The Morgan fingerprint density at radius 3 is 2.86 bits per heavy atom. The maximum Gasteiger partial charge on any atom is 0.191 e. The number of guanidine groups is 1. The van der Waals surface area contributed by atoms with Crippen LogP contribution in [0.5, 0.6) is 0 Å². The summed E-state index contributed by atoms with van der Waals surface area (Å²) in [6, 6.07) is 0.550. The summed E-state index contributed by atoms with van der Waals surface area (Å²) in [7, 11) is 1.76. The molecule has 0 aliphatic carbocycles. The molecule has 22 heavy (non-hydrogen) atoms. The van der Waals surface area contributed by atoms with Crippen LogP contribution in [0.25, 0.3) is 0 Å². The molecule has 1 atom stereocenters. The smallest absolute Gasteiger partial charge is 0.191 e. The number of nitrogens with zero attached hydrogens (tertiary/aromatic N) is 2. The third kappa shape index (κ3) is 7.96. The van der Waals surface area contributed by atoms with E-state index in [0.717, 1.165) is 58.4 Å². The molecule has 0 saturated carbocycles. The van der Waals surface area contributed by atoms with E-state index in [-0.39, 0.29) is 0 Å². The van der Waals surface area contributed by atoms with Crippen LogP contribution in [0.15, 0.2) is 4.99 Å². The fourth-order valence-corrected chi connectivity index (χ4v) is 2.67. The van der Waals surface area contributed by atoms with Gasteiger partial charge in [-0.15, -0.1) is 0 Å². The molecule has 1 aliphatic heterocycles. The van der Waals surface area contributed by atoms with Gasteiger partial charge >= 0.3 is 0 Å². The highest BCUT2D eigenvalue weighted by molar-refractivity contribution is 5.79. The van der Waals surface area contributed by atoms with Gasteiger partial charge in [0.2, 0.25) is 0 Å². The van der Waals surface area contributed by atoms with E-state index in [0.29, 0.717) is 6.04 Å². The molecule has 0 aromatic rings. The molecule has 0 aromatic carbocycles. The summed E-state index contributed by atoms with van der Waals surface area (Å²) in [5.41, 5.74) is 0. The molecule has 2 N–H and O–H groups in total. The Morgan fingerprint density at radius 2 is 2.14 bits per heavy atom. The normalized spacial score (nSPS) is 19.6. The molecular weight excluding hydrogens is 280 g/mol. The van der Waals surface area contributed by atoms with E-state index in [9.17, 15) is 0 Å². The standard InChI is InChI=1S/C16H34N4O2/c1-4-17-16(18-9-7-12-22-5-2)19-14-15-8-6-10-20(15)11-13-21-3/h15H,4-14H2,1-3H3,(H2,17,18,19). The van der Waals surface area contributed by atoms with E-state index in [1.165, 1.54) is 19.4 Å². The number of hydrogen-bond donors (Lipinski definition) is 2. The lowest BCUT2D eigenvalue weighted by molar-refractivity contribution is 0.142. The predicted octanol–water partition coefficient (Wildman–Crippen LogP) is 1.08. The third-order valence-corrected chi connectivity index (χ3v) is 3.85. The summed E-state index contributed by atoms with van der Waals surface area (Å²) in [5, 5.41) is 6.69. The zero-order valence-corrected chi connectivity index (χ0v) is 14.6. The van der Waals surface area contributed by atoms with Gasteiger partial charge in [-0.1, -0.05) is 0 Å². The molecule has 0 bridgehead atoms. The molecule has 1 rings (SSSR count). The van der Waals surface area contributed by atoms with Gasteiger partial charge in [-0.25, -0.2) is 0 Å². The van der Waals surface area contributed by atoms with Crippen LogP contribution in [-0.2, 0) is 9.47 Å². The van der Waals surface area contributed by atoms with Crippen LogP contribution in [0.4, 0.5) is 0 Å². The van der Waals surface area contributed by atoms with Crippen LogP contribution < -0.4 is 10.6 Å². The van der Waals surface area contributed by atoms with Crippen molar-refractivity contribution in [1.29, 1.82) is 0 Å². The number of aliphatic imine (C=N–C) groups is 1. The summed E-state index contributed by atoms with van der Waals surface area (Å²) in [4.78, 5) is 7.23. The fraction of sp³-hybridized carbons (Fsp3) is 0.938. The average Bonchev–Trinajstić information content (AvgIpc) is 2.97. The molecule has 0 amide bonds. The quantitative estimate of drug-likeness (QED) is 0.339. The molecule has 1 aliphatic rings. The monoisotopic (exact) mass is 314 g/mol. The molecular formula is C16H34N4O2. The van der Waals surface area contributed by atoms with Gasteiger partial charge in [0.1, 0.15) is 0 Å². The van der Waals surface area contributed by atoms with Gasteiger partial charge in [-0.2, -0.15) is 0 Å². The Kier molecular flexibility index (Phi) is 11.1. The molecule has 0 radical (unpaired) electrons. The van der Waals surface area contributed by atoms with Crippen LogP contribution in [0, 0.1) is 0 Å². The minimum absolute atomic E-state index is 0.550. The second kappa shape index (κ2) is 12.7. The molecule has 130 valence electrons. The van der Waals surface area contributed by atoms with Crippen LogP contribution >= 0.6 is 0 Å². The second-order valence-electron chi connectivity index (χ2n) is 5.52. The van der Waals surface area contributed by atoms with Gasteiger partial charge in [0.15, 0.2) is 5.96 Å². The second-order valence-corrected chi connectivity index (χ2v) is 5.52. The van der Waals surface area contributed by atoms with E-state index >= 15 is 0 Å². The lowest BCUT2D eigenvalue weighted by Gasteiger charge is -2.23. The van der Waals surface area contributed by atoms with Crippen molar-refractivity contribution in [2.75, 3.05) is 59.7 Å². The predicted molar refractivity (Wildman–Crippen MR) is 91.6 cm³/mol. The minimum Gasteiger partial charge on any atom is -0.383 e. The molecule has 1 unspecified atom stereocenters. The van der Waals surface area contributed by atoms with Crippen molar-refractivity contribution in [1.82, 2.24) is 15.5 Å². The lowest BCUT2D eigenvalue weighted by atomic mass is 10.2. The van der Waals surface area contributed by atoms with Crippen LogP contribution in [-0.4, -0.2) is 76.6 Å². The number of ether oxygens (including phenoxy) is 2. The highest BCUT2D eigenvalue weighted by atomic mass is 16.5. The van der Waals surface area contributed by atoms with Crippen molar-refractivity contribution in [3.05, 3.63) is 0 Å². The minimum atomic E-state index is 0.550. The van der Waals surface area contributed by atoms with Crippen molar-refractivity contribution < 1.29 is 9.47 Å². The van der Waals surface area contributed by atoms with E-state index < -0.39 is 0 Å². The summed E-state index contributed by atoms with van der Waals surface area (Å²) in [6.45, 7) is 11.3. The van der Waals surface area contributed by atoms with Crippen molar-refractivity contribution in [2.24, 2.45) is 4.99 Å². The van der Waals surface area contributed by atoms with Crippen LogP contribution in [0.2, 0.25) is 0 Å². The maximum absolute atomic E-state index is 5.35. The number of methoxy groups -OCH3 is 1. The first-order chi connectivity index (χ1) is 10.8. The number of hydrogen-bond acceptors (Lipinski definition) is 4. The largest absolute Gasteiger partial charge is 0.383 e. The van der Waals surface area contributed by atoms with Crippen molar-refractivity contribution in [3.8, 4) is 0 Å². The molecule has 1 saturated heterocycles. The number of rotatable bonds is 11. The van der Waals surface area contributed by atoms with Gasteiger partial charge in [0.05, 0.1) is 13.2 Å². The Labute approximate surface area is 135 Å². The third-order valence-electron chi connectivity index (χ3n) is 3.85.